The van der Waals surface area contributed by atoms with Gasteiger partial charge in [-0.3, -0.25) is 4.57 Å². The van der Waals surface area contributed by atoms with Gasteiger partial charge in [0.05, 0.1) is 11.0 Å². The summed E-state index contributed by atoms with van der Waals surface area (Å²) in [4.78, 5) is 25.3. The summed E-state index contributed by atoms with van der Waals surface area (Å²) in [6.07, 6.45) is 12.5. The van der Waals surface area contributed by atoms with E-state index in [4.69, 9.17) is 24.9 Å². The monoisotopic (exact) mass is 812 g/mol. The molecule has 7 aromatic carbocycles. The van der Waals surface area contributed by atoms with E-state index in [-0.39, 0.29) is 0 Å². The minimum Gasteiger partial charge on any atom is -0.278 e. The summed E-state index contributed by atoms with van der Waals surface area (Å²) >= 11 is 0. The Kier molecular flexibility index (Phi) is 9.56. The molecule has 0 saturated heterocycles. The second-order valence-electron chi connectivity index (χ2n) is 15.6. The lowest BCUT2D eigenvalue weighted by atomic mass is 10.1. The van der Waals surface area contributed by atoms with E-state index in [1.807, 2.05) is 42.7 Å². The van der Waals surface area contributed by atoms with Crippen molar-refractivity contribution < 1.29 is 0 Å². The largest absolute Gasteiger partial charge is 0.278 e. The molecule has 0 fully saturated rings. The SMILES string of the molecule is C1=CC(c2nc(-c3ccccc3)nc(-c3ccc4c(c3)c3ccccc3n4-c3ncc(-c4ccccc4[Si](c4ccccc4)(c4ccccc4)c4ccccc4)cn3)n2)=CCC1. The number of rotatable bonds is 9. The smallest absolute Gasteiger partial charge is 0.234 e. The highest BCUT2D eigenvalue weighted by Gasteiger charge is 2.42. The standard InChI is InChI=1S/C55H40N6Si/c1-6-20-39(21-7-1)52-58-53(40-22-8-2-9-23-40)60-54(59-52)41-34-35-50-48(36-41)47-31-16-18-32-49(47)61(50)55-56-37-42(38-57-55)46-30-17-19-33-51(46)62(43-24-10-3-11-25-43,44-26-12-4-13-27-44)45-28-14-5-15-29-45/h1,3-8,10-38H,2,9H2. The zero-order chi connectivity index (χ0) is 41.3. The fraction of sp³-hybridized carbons (Fsp3) is 0.0364. The molecule has 1 aliphatic rings. The van der Waals surface area contributed by atoms with Crippen LogP contribution < -0.4 is 20.7 Å². The summed E-state index contributed by atoms with van der Waals surface area (Å²) in [5, 5.41) is 7.42. The van der Waals surface area contributed by atoms with Crippen LogP contribution in [-0.4, -0.2) is 37.6 Å². The van der Waals surface area contributed by atoms with E-state index in [1.54, 1.807) is 0 Å². The highest BCUT2D eigenvalue weighted by atomic mass is 28.3. The maximum Gasteiger partial charge on any atom is 0.234 e. The maximum atomic E-state index is 5.15. The van der Waals surface area contributed by atoms with E-state index in [0.29, 0.717) is 23.4 Å². The summed E-state index contributed by atoms with van der Waals surface area (Å²) in [5.41, 5.74) is 7.00. The van der Waals surface area contributed by atoms with Crippen LogP contribution in [0.1, 0.15) is 18.7 Å². The zero-order valence-corrected chi connectivity index (χ0v) is 34.9. The first kappa shape index (κ1) is 37.2. The number of aromatic nitrogens is 6. The van der Waals surface area contributed by atoms with E-state index in [0.717, 1.165) is 62.5 Å². The second kappa shape index (κ2) is 16.0. The Balaban J connectivity index is 1.04. The number of benzene rings is 7. The summed E-state index contributed by atoms with van der Waals surface area (Å²) in [6, 6.07) is 66.9. The van der Waals surface area contributed by atoms with E-state index < -0.39 is 8.07 Å². The maximum absolute atomic E-state index is 5.15. The molecule has 0 atom stereocenters. The van der Waals surface area contributed by atoms with Gasteiger partial charge in [-0.1, -0.05) is 182 Å². The Morgan fingerprint density at radius 3 is 1.63 bits per heavy atom. The molecule has 7 heteroatoms. The molecule has 3 aromatic heterocycles. The molecule has 0 radical (unpaired) electrons. The Morgan fingerprint density at radius 1 is 0.435 bits per heavy atom. The summed E-state index contributed by atoms with van der Waals surface area (Å²) in [6.45, 7) is 0. The minimum absolute atomic E-state index is 0.604. The molecule has 10 aromatic rings. The van der Waals surface area contributed by atoms with Crippen LogP contribution in [0, 0.1) is 0 Å². The second-order valence-corrected chi connectivity index (χ2v) is 19.3. The molecule has 0 bridgehead atoms. The molecule has 0 saturated carbocycles. The number of nitrogens with zero attached hydrogens (tertiary/aromatic N) is 6. The molecule has 0 aliphatic heterocycles. The molecule has 0 N–H and O–H groups in total. The topological polar surface area (TPSA) is 69.4 Å². The van der Waals surface area contributed by atoms with Crippen molar-refractivity contribution in [1.29, 1.82) is 0 Å². The van der Waals surface area contributed by atoms with E-state index in [1.165, 1.54) is 20.7 Å². The third-order valence-corrected chi connectivity index (χ3v) is 16.8. The highest BCUT2D eigenvalue weighted by Crippen LogP contribution is 2.35. The normalized spacial score (nSPS) is 12.7. The Labute approximate surface area is 361 Å². The third kappa shape index (κ3) is 6.47. The van der Waals surface area contributed by atoms with Gasteiger partial charge in [0, 0.05) is 45.4 Å². The van der Waals surface area contributed by atoms with Gasteiger partial charge in [-0.2, -0.15) is 0 Å². The highest BCUT2D eigenvalue weighted by molar-refractivity contribution is 7.20. The Bertz CT molecular complexity index is 3180. The van der Waals surface area contributed by atoms with Crippen molar-refractivity contribution in [2.75, 3.05) is 0 Å². The zero-order valence-electron chi connectivity index (χ0n) is 33.9. The van der Waals surface area contributed by atoms with Crippen LogP contribution in [0.25, 0.3) is 67.2 Å². The average Bonchev–Trinajstić information content (AvgIpc) is 3.69. The number of para-hydroxylation sites is 1. The lowest BCUT2D eigenvalue weighted by molar-refractivity contribution is 0.990. The first-order chi connectivity index (χ1) is 30.8. The molecule has 62 heavy (non-hydrogen) atoms. The molecular weight excluding hydrogens is 773 g/mol. The van der Waals surface area contributed by atoms with E-state index in [9.17, 15) is 0 Å². The number of allylic oxidation sites excluding steroid dienone is 4. The number of hydrogen-bond donors (Lipinski definition) is 0. The molecule has 1 aliphatic carbocycles. The van der Waals surface area contributed by atoms with Crippen molar-refractivity contribution in [2.45, 2.75) is 12.8 Å². The van der Waals surface area contributed by atoms with E-state index >= 15 is 0 Å². The third-order valence-electron chi connectivity index (χ3n) is 12.0. The molecule has 11 rings (SSSR count). The summed E-state index contributed by atoms with van der Waals surface area (Å²) < 4.78 is 2.16. The first-order valence-electron chi connectivity index (χ1n) is 21.1. The van der Waals surface area contributed by atoms with Crippen molar-refractivity contribution in [3.63, 3.8) is 0 Å². The van der Waals surface area contributed by atoms with Crippen LogP contribution in [0.5, 0.6) is 0 Å². The fourth-order valence-corrected chi connectivity index (χ4v) is 14.1. The Hall–Kier alpha value is -7.87. The Morgan fingerprint density at radius 2 is 0.984 bits per heavy atom. The average molecular weight is 813 g/mol. The molecular formula is C55H40N6Si. The van der Waals surface area contributed by atoms with Crippen molar-refractivity contribution in [3.8, 4) is 39.9 Å². The molecule has 0 amide bonds. The van der Waals surface area contributed by atoms with Crippen molar-refractivity contribution >= 4 is 56.2 Å². The predicted molar refractivity (Wildman–Crippen MR) is 256 cm³/mol. The van der Waals surface area contributed by atoms with Crippen molar-refractivity contribution in [1.82, 2.24) is 29.5 Å². The van der Waals surface area contributed by atoms with Gasteiger partial charge in [-0.15, -0.1) is 0 Å². The van der Waals surface area contributed by atoms with Crippen LogP contribution in [0.2, 0.25) is 0 Å². The van der Waals surface area contributed by atoms with Gasteiger partial charge in [-0.25, -0.2) is 24.9 Å². The van der Waals surface area contributed by atoms with Gasteiger partial charge >= 0.3 is 0 Å². The van der Waals surface area contributed by atoms with Gasteiger partial charge < -0.3 is 0 Å². The lowest BCUT2D eigenvalue weighted by Gasteiger charge is -2.36. The molecule has 0 unspecified atom stereocenters. The van der Waals surface area contributed by atoms with Crippen LogP contribution in [0.3, 0.4) is 0 Å². The number of fused-ring (bicyclic) bond motifs is 3. The molecule has 0 spiro atoms. The van der Waals surface area contributed by atoms with Gasteiger partial charge in [0.25, 0.3) is 0 Å². The predicted octanol–water partition coefficient (Wildman–Crippen LogP) is 9.87. The van der Waals surface area contributed by atoms with Gasteiger partial charge in [0.1, 0.15) is 0 Å². The van der Waals surface area contributed by atoms with Gasteiger partial charge in [0.2, 0.25) is 5.95 Å². The van der Waals surface area contributed by atoms with Gasteiger partial charge in [0.15, 0.2) is 25.5 Å². The van der Waals surface area contributed by atoms with Crippen molar-refractivity contribution in [3.05, 3.63) is 225 Å². The summed E-state index contributed by atoms with van der Waals surface area (Å²) in [5.74, 6) is 2.57. The van der Waals surface area contributed by atoms with Crippen molar-refractivity contribution in [2.24, 2.45) is 0 Å². The van der Waals surface area contributed by atoms with Crippen LogP contribution >= 0.6 is 0 Å². The molecule has 3 heterocycles. The van der Waals surface area contributed by atoms with E-state index in [2.05, 4.69) is 181 Å². The lowest BCUT2D eigenvalue weighted by Crippen LogP contribution is -2.75. The van der Waals surface area contributed by atoms with Gasteiger partial charge in [-0.05, 0) is 63.4 Å². The first-order valence-corrected chi connectivity index (χ1v) is 23.1. The van der Waals surface area contributed by atoms with Crippen LogP contribution in [0.4, 0.5) is 0 Å². The molecule has 294 valence electrons. The van der Waals surface area contributed by atoms with Crippen LogP contribution in [0.15, 0.2) is 219 Å². The fourth-order valence-electron chi connectivity index (χ4n) is 9.13. The quantitative estimate of drug-likeness (QED) is 0.107. The van der Waals surface area contributed by atoms with Crippen LogP contribution in [-0.2, 0) is 0 Å². The summed E-state index contributed by atoms with van der Waals surface area (Å²) in [7, 11) is -2.82. The minimum atomic E-state index is -2.82. The number of hydrogen-bond acceptors (Lipinski definition) is 5. The molecule has 6 nitrogen and oxygen atoms in total.